The van der Waals surface area contributed by atoms with Gasteiger partial charge >= 0.3 is 0 Å². The molecule has 2 heterocycles. The molecule has 0 fully saturated rings. The highest BCUT2D eigenvalue weighted by atomic mass is 19.1. The number of allylic oxidation sites excluding steroid dienone is 1. The molecular formula is C22H20FNO3. The summed E-state index contributed by atoms with van der Waals surface area (Å²) in [6.45, 7) is 4.49. The average Bonchev–Trinajstić information content (AvgIpc) is 3.10. The van der Waals surface area contributed by atoms with Gasteiger partial charge in [0.15, 0.2) is 0 Å². The fourth-order valence-electron chi connectivity index (χ4n) is 3.56. The summed E-state index contributed by atoms with van der Waals surface area (Å²) in [5, 5.41) is 2.71. The van der Waals surface area contributed by atoms with Gasteiger partial charge in [-0.2, -0.15) is 0 Å². The molecule has 2 aromatic rings. The van der Waals surface area contributed by atoms with E-state index < -0.39 is 5.60 Å². The van der Waals surface area contributed by atoms with E-state index in [0.717, 1.165) is 16.7 Å². The van der Waals surface area contributed by atoms with E-state index in [4.69, 9.17) is 9.47 Å². The Balaban J connectivity index is 1.78. The van der Waals surface area contributed by atoms with Gasteiger partial charge in [0.2, 0.25) is 0 Å². The zero-order chi connectivity index (χ0) is 19.2. The van der Waals surface area contributed by atoms with Crippen LogP contribution < -0.4 is 5.32 Å². The summed E-state index contributed by atoms with van der Waals surface area (Å²) in [6, 6.07) is 12.3. The Bertz CT molecular complexity index is 987. The Hall–Kier alpha value is -2.92. The van der Waals surface area contributed by atoms with Crippen molar-refractivity contribution in [2.45, 2.75) is 26.1 Å². The number of rotatable bonds is 3. The third-order valence-corrected chi connectivity index (χ3v) is 4.84. The van der Waals surface area contributed by atoms with Crippen LogP contribution in [0.4, 0.5) is 10.1 Å². The number of benzene rings is 2. The second-order valence-corrected chi connectivity index (χ2v) is 7.18. The Labute approximate surface area is 157 Å². The number of anilines is 1. The van der Waals surface area contributed by atoms with Crippen LogP contribution in [0.5, 0.6) is 0 Å². The SMILES string of the molecule is COCc1ccc(C2=CC(=C3C(=O)Nc4cc(F)ccc43)OC2(C)C)cc1. The molecule has 4 nitrogen and oxygen atoms in total. The standard InChI is InChI=1S/C22H20FNO3/c1-22(2)17(14-6-4-13(5-7-14)12-26-3)11-19(27-22)20-16-9-8-15(23)10-18(16)24-21(20)25/h4-11H,12H2,1-3H3,(H,24,25). The minimum Gasteiger partial charge on any atom is -0.482 e. The van der Waals surface area contributed by atoms with Gasteiger partial charge in [0, 0.05) is 18.2 Å². The molecule has 2 aromatic carbocycles. The molecule has 0 atom stereocenters. The number of nitrogens with one attached hydrogen (secondary N) is 1. The van der Waals surface area contributed by atoms with Crippen LogP contribution in [-0.2, 0) is 20.9 Å². The second kappa shape index (κ2) is 6.35. The first-order valence-corrected chi connectivity index (χ1v) is 8.74. The third kappa shape index (κ3) is 3.04. The lowest BCUT2D eigenvalue weighted by atomic mass is 9.91. The molecule has 4 rings (SSSR count). The molecule has 0 radical (unpaired) electrons. The van der Waals surface area contributed by atoms with Crippen LogP contribution in [0, 0.1) is 5.82 Å². The van der Waals surface area contributed by atoms with Gasteiger partial charge in [0.05, 0.1) is 17.9 Å². The lowest BCUT2D eigenvalue weighted by Crippen LogP contribution is -2.21. The summed E-state index contributed by atoms with van der Waals surface area (Å²) in [4.78, 5) is 12.5. The molecule has 0 aromatic heterocycles. The number of ether oxygens (including phenoxy) is 2. The highest BCUT2D eigenvalue weighted by Gasteiger charge is 2.37. The fourth-order valence-corrected chi connectivity index (χ4v) is 3.56. The van der Waals surface area contributed by atoms with Crippen LogP contribution >= 0.6 is 0 Å². The summed E-state index contributed by atoms with van der Waals surface area (Å²) in [5.41, 5.74) is 4.06. The maximum atomic E-state index is 13.5. The normalized spacial score (nSPS) is 20.1. The van der Waals surface area contributed by atoms with Gasteiger partial charge in [-0.25, -0.2) is 4.39 Å². The van der Waals surface area contributed by atoms with Gasteiger partial charge in [-0.3, -0.25) is 4.79 Å². The van der Waals surface area contributed by atoms with E-state index in [2.05, 4.69) is 5.32 Å². The zero-order valence-corrected chi connectivity index (χ0v) is 15.4. The molecule has 2 aliphatic heterocycles. The summed E-state index contributed by atoms with van der Waals surface area (Å²) < 4.78 is 24.8. The molecule has 0 unspecified atom stereocenters. The summed E-state index contributed by atoms with van der Waals surface area (Å²) in [5.74, 6) is -0.173. The molecule has 2 aliphatic rings. The minimum atomic E-state index is -0.589. The monoisotopic (exact) mass is 365 g/mol. The third-order valence-electron chi connectivity index (χ3n) is 4.84. The van der Waals surface area contributed by atoms with Crippen LogP contribution in [0.15, 0.2) is 54.3 Å². The van der Waals surface area contributed by atoms with Crippen LogP contribution in [-0.4, -0.2) is 18.6 Å². The number of methoxy groups -OCH3 is 1. The van der Waals surface area contributed by atoms with Gasteiger partial charge < -0.3 is 14.8 Å². The van der Waals surface area contributed by atoms with Gasteiger partial charge in [-0.1, -0.05) is 24.3 Å². The molecule has 0 spiro atoms. The van der Waals surface area contributed by atoms with E-state index >= 15 is 0 Å². The highest BCUT2D eigenvalue weighted by Crippen LogP contribution is 2.44. The lowest BCUT2D eigenvalue weighted by molar-refractivity contribution is -0.111. The maximum absolute atomic E-state index is 13.5. The van der Waals surface area contributed by atoms with Crippen molar-refractivity contribution in [2.75, 3.05) is 12.4 Å². The molecule has 0 saturated heterocycles. The van der Waals surface area contributed by atoms with E-state index in [-0.39, 0.29) is 11.7 Å². The van der Waals surface area contributed by atoms with Crippen molar-refractivity contribution in [3.05, 3.63) is 76.8 Å². The molecule has 138 valence electrons. The Morgan fingerprint density at radius 3 is 2.59 bits per heavy atom. The first-order chi connectivity index (χ1) is 12.9. The Morgan fingerprint density at radius 1 is 1.15 bits per heavy atom. The number of halogens is 1. The number of amides is 1. The van der Waals surface area contributed by atoms with Crippen molar-refractivity contribution >= 4 is 22.7 Å². The predicted octanol–water partition coefficient (Wildman–Crippen LogP) is 4.53. The van der Waals surface area contributed by atoms with E-state index in [1.807, 2.05) is 44.2 Å². The largest absolute Gasteiger partial charge is 0.482 e. The van der Waals surface area contributed by atoms with Gasteiger partial charge in [-0.15, -0.1) is 0 Å². The summed E-state index contributed by atoms with van der Waals surface area (Å²) >= 11 is 0. The van der Waals surface area contributed by atoms with Crippen LogP contribution in [0.3, 0.4) is 0 Å². The van der Waals surface area contributed by atoms with Crippen molar-refractivity contribution in [1.29, 1.82) is 0 Å². The van der Waals surface area contributed by atoms with E-state index in [9.17, 15) is 9.18 Å². The van der Waals surface area contributed by atoms with Crippen molar-refractivity contribution in [3.8, 4) is 0 Å². The van der Waals surface area contributed by atoms with Crippen molar-refractivity contribution in [2.24, 2.45) is 0 Å². The van der Waals surface area contributed by atoms with Crippen LogP contribution in [0.2, 0.25) is 0 Å². The molecule has 1 amide bonds. The van der Waals surface area contributed by atoms with E-state index in [1.165, 1.54) is 12.1 Å². The quantitative estimate of drug-likeness (QED) is 0.813. The molecule has 0 saturated carbocycles. The number of hydrogen-bond acceptors (Lipinski definition) is 3. The maximum Gasteiger partial charge on any atom is 0.260 e. The molecule has 27 heavy (non-hydrogen) atoms. The molecule has 0 aliphatic carbocycles. The lowest BCUT2D eigenvalue weighted by Gasteiger charge is -2.23. The zero-order valence-electron chi connectivity index (χ0n) is 15.4. The highest BCUT2D eigenvalue weighted by molar-refractivity contribution is 6.32. The Kier molecular flexibility index (Phi) is 4.12. The number of carbonyl (C=O) groups excluding carboxylic acids is 1. The summed E-state index contributed by atoms with van der Waals surface area (Å²) in [7, 11) is 1.67. The minimum absolute atomic E-state index is 0.283. The second-order valence-electron chi connectivity index (χ2n) is 7.18. The molecule has 0 bridgehead atoms. The topological polar surface area (TPSA) is 47.6 Å². The van der Waals surface area contributed by atoms with Crippen molar-refractivity contribution < 1.29 is 18.7 Å². The average molecular weight is 365 g/mol. The Morgan fingerprint density at radius 2 is 1.89 bits per heavy atom. The van der Waals surface area contributed by atoms with E-state index in [1.54, 1.807) is 13.2 Å². The van der Waals surface area contributed by atoms with Crippen LogP contribution in [0.1, 0.15) is 30.5 Å². The van der Waals surface area contributed by atoms with Crippen molar-refractivity contribution in [3.63, 3.8) is 0 Å². The van der Waals surface area contributed by atoms with Crippen LogP contribution in [0.25, 0.3) is 11.1 Å². The summed E-state index contributed by atoms with van der Waals surface area (Å²) in [6.07, 6.45) is 1.90. The number of hydrogen-bond donors (Lipinski definition) is 1. The number of carbonyl (C=O) groups is 1. The smallest absolute Gasteiger partial charge is 0.260 e. The first kappa shape index (κ1) is 17.5. The predicted molar refractivity (Wildman–Crippen MR) is 102 cm³/mol. The van der Waals surface area contributed by atoms with Gasteiger partial charge in [0.25, 0.3) is 5.91 Å². The van der Waals surface area contributed by atoms with Gasteiger partial charge in [-0.05, 0) is 49.2 Å². The van der Waals surface area contributed by atoms with E-state index in [0.29, 0.717) is 29.2 Å². The molecular weight excluding hydrogens is 345 g/mol. The first-order valence-electron chi connectivity index (χ1n) is 8.74. The fraction of sp³-hybridized carbons (Fsp3) is 0.227. The molecule has 1 N–H and O–H groups in total. The molecule has 5 heteroatoms. The van der Waals surface area contributed by atoms with Gasteiger partial charge in [0.1, 0.15) is 17.2 Å². The number of fused-ring (bicyclic) bond motifs is 1. The van der Waals surface area contributed by atoms with Crippen molar-refractivity contribution in [1.82, 2.24) is 0 Å².